The number of ether oxygens (including phenoxy) is 3. The number of aromatic nitrogens is 4. The summed E-state index contributed by atoms with van der Waals surface area (Å²) in [5.74, 6) is -0.259. The molecule has 0 spiro atoms. The van der Waals surface area contributed by atoms with Gasteiger partial charge in [0.05, 0.1) is 25.1 Å². The van der Waals surface area contributed by atoms with Crippen LogP contribution in [0, 0.1) is 6.20 Å². The number of carbonyl (C=O) groups excluding carboxylic acids is 1. The number of rotatable bonds is 8. The fraction of sp³-hybridized carbons (Fsp3) is 0.167. The third kappa shape index (κ3) is 4.92. The molecular weight excluding hydrogens is 430 g/mol. The van der Waals surface area contributed by atoms with Gasteiger partial charge in [-0.1, -0.05) is 28.1 Å². The summed E-state index contributed by atoms with van der Waals surface area (Å²) in [6.07, 6.45) is 5.75. The van der Waals surface area contributed by atoms with E-state index in [1.54, 1.807) is 0 Å². The second-order valence-electron chi connectivity index (χ2n) is 5.31. The number of nitrogens with zero attached hydrogens (tertiary/aromatic N) is 4. The molecule has 0 saturated carbocycles. The van der Waals surface area contributed by atoms with E-state index in [4.69, 9.17) is 19.9 Å². The topological polar surface area (TPSA) is 122 Å². The molecule has 0 unspecified atom stereocenters. The Balaban J connectivity index is 1.70. The fourth-order valence-electron chi connectivity index (χ4n) is 2.11. The van der Waals surface area contributed by atoms with Crippen molar-refractivity contribution < 1.29 is 19.0 Å². The number of halogens is 1. The number of methoxy groups -OCH3 is 1. The quantitative estimate of drug-likeness (QED) is 0.523. The summed E-state index contributed by atoms with van der Waals surface area (Å²) in [7, 11) is 1.52. The molecule has 3 rings (SSSR count). The Hall–Kier alpha value is -3.27. The average Bonchev–Trinajstić information content (AvgIpc) is 2.72. The van der Waals surface area contributed by atoms with Gasteiger partial charge in [0.2, 0.25) is 11.7 Å². The van der Waals surface area contributed by atoms with Gasteiger partial charge in [0.25, 0.3) is 5.91 Å². The second kappa shape index (κ2) is 9.09. The molecule has 1 aromatic carbocycles. The van der Waals surface area contributed by atoms with Crippen molar-refractivity contribution in [2.45, 2.75) is 0 Å². The zero-order valence-corrected chi connectivity index (χ0v) is 16.3. The molecule has 2 heterocycles. The van der Waals surface area contributed by atoms with Crippen molar-refractivity contribution in [3.8, 4) is 28.8 Å². The van der Waals surface area contributed by atoms with Gasteiger partial charge in [-0.15, -0.1) is 0 Å². The maximum Gasteiger partial charge on any atom is 0.316 e. The standard InChI is InChI=1S/C18H15BrN5O4/c1-26-13-8-22-18(23-9-13)28-7-6-27-17-14(10-21-16(24-17)15(20)25)11-2-4-12(19)5-3-11/h2-5,8-9H,6-7H2,1H3,(H2,20,25). The molecule has 28 heavy (non-hydrogen) atoms. The number of hydrogen-bond acceptors (Lipinski definition) is 8. The van der Waals surface area contributed by atoms with Crippen LogP contribution in [0.1, 0.15) is 10.6 Å². The van der Waals surface area contributed by atoms with Crippen molar-refractivity contribution in [3.05, 3.63) is 53.2 Å². The van der Waals surface area contributed by atoms with Crippen LogP contribution in [0.15, 0.2) is 41.1 Å². The van der Waals surface area contributed by atoms with Crippen LogP contribution in [0.4, 0.5) is 0 Å². The first kappa shape index (κ1) is 19.5. The van der Waals surface area contributed by atoms with Gasteiger partial charge in [-0.3, -0.25) is 4.79 Å². The first-order valence-corrected chi connectivity index (χ1v) is 8.83. The van der Waals surface area contributed by atoms with E-state index in [1.807, 2.05) is 24.3 Å². The summed E-state index contributed by atoms with van der Waals surface area (Å²) < 4.78 is 17.0. The van der Waals surface area contributed by atoms with Gasteiger partial charge in [-0.05, 0) is 17.7 Å². The third-order valence-corrected chi connectivity index (χ3v) is 3.97. The minimum atomic E-state index is -0.772. The lowest BCUT2D eigenvalue weighted by Gasteiger charge is -2.11. The van der Waals surface area contributed by atoms with Crippen molar-refractivity contribution in [1.82, 2.24) is 19.9 Å². The van der Waals surface area contributed by atoms with Crippen molar-refractivity contribution in [2.75, 3.05) is 20.3 Å². The van der Waals surface area contributed by atoms with Crippen molar-refractivity contribution in [2.24, 2.45) is 5.73 Å². The van der Waals surface area contributed by atoms with Gasteiger partial charge in [-0.25, -0.2) is 4.98 Å². The summed E-state index contributed by atoms with van der Waals surface area (Å²) >= 11 is 3.38. The normalized spacial score (nSPS) is 10.4. The van der Waals surface area contributed by atoms with Gasteiger partial charge in [0.1, 0.15) is 19.4 Å². The molecule has 0 fully saturated rings. The van der Waals surface area contributed by atoms with Crippen LogP contribution in [0.3, 0.4) is 0 Å². The van der Waals surface area contributed by atoms with Crippen molar-refractivity contribution in [3.63, 3.8) is 0 Å². The van der Waals surface area contributed by atoms with E-state index in [0.29, 0.717) is 11.3 Å². The van der Waals surface area contributed by atoms with E-state index in [-0.39, 0.29) is 30.9 Å². The van der Waals surface area contributed by atoms with Crippen LogP contribution in [-0.2, 0) is 0 Å². The lowest BCUT2D eigenvalue weighted by atomic mass is 10.1. The first-order valence-electron chi connectivity index (χ1n) is 8.04. The predicted molar refractivity (Wildman–Crippen MR) is 102 cm³/mol. The van der Waals surface area contributed by atoms with E-state index in [2.05, 4.69) is 42.1 Å². The van der Waals surface area contributed by atoms with Gasteiger partial charge in [-0.2, -0.15) is 15.0 Å². The number of primary amides is 1. The largest absolute Gasteiger partial charge is 0.494 e. The monoisotopic (exact) mass is 444 g/mol. The summed E-state index contributed by atoms with van der Waals surface area (Å²) in [5, 5.41) is 0. The number of benzene rings is 1. The van der Waals surface area contributed by atoms with Gasteiger partial charge < -0.3 is 19.9 Å². The summed E-state index contributed by atoms with van der Waals surface area (Å²) in [5.41, 5.74) is 6.52. The molecule has 0 aliphatic heterocycles. The smallest absolute Gasteiger partial charge is 0.316 e. The fourth-order valence-corrected chi connectivity index (χ4v) is 2.37. The second-order valence-corrected chi connectivity index (χ2v) is 6.23. The predicted octanol–water partition coefficient (Wildman–Crippen LogP) is 2.06. The van der Waals surface area contributed by atoms with Crippen LogP contribution in [0.25, 0.3) is 11.1 Å². The molecule has 0 aliphatic rings. The van der Waals surface area contributed by atoms with Crippen LogP contribution < -0.4 is 19.9 Å². The Kier molecular flexibility index (Phi) is 6.33. The van der Waals surface area contributed by atoms with Gasteiger partial charge >= 0.3 is 6.01 Å². The molecule has 0 saturated heterocycles. The molecule has 1 amide bonds. The van der Waals surface area contributed by atoms with E-state index >= 15 is 0 Å². The Morgan fingerprint density at radius 2 is 1.82 bits per heavy atom. The van der Waals surface area contributed by atoms with Crippen LogP contribution in [-0.4, -0.2) is 46.2 Å². The first-order chi connectivity index (χ1) is 13.6. The molecule has 2 aromatic heterocycles. The Labute approximate surface area is 169 Å². The van der Waals surface area contributed by atoms with E-state index < -0.39 is 5.91 Å². The molecule has 10 heteroatoms. The average molecular weight is 445 g/mol. The Morgan fingerprint density at radius 3 is 2.46 bits per heavy atom. The molecule has 1 radical (unpaired) electrons. The highest BCUT2D eigenvalue weighted by atomic mass is 79.9. The third-order valence-electron chi connectivity index (χ3n) is 3.44. The molecule has 0 aliphatic carbocycles. The zero-order valence-electron chi connectivity index (χ0n) is 14.8. The van der Waals surface area contributed by atoms with Crippen molar-refractivity contribution >= 4 is 21.8 Å². The zero-order chi connectivity index (χ0) is 19.9. The van der Waals surface area contributed by atoms with Crippen LogP contribution in [0.2, 0.25) is 0 Å². The van der Waals surface area contributed by atoms with Gasteiger partial charge in [0.15, 0.2) is 5.75 Å². The van der Waals surface area contributed by atoms with Gasteiger partial charge in [0, 0.05) is 4.47 Å². The van der Waals surface area contributed by atoms with E-state index in [9.17, 15) is 4.79 Å². The van der Waals surface area contributed by atoms with Crippen LogP contribution in [0.5, 0.6) is 17.6 Å². The van der Waals surface area contributed by atoms with E-state index in [1.165, 1.54) is 19.5 Å². The lowest BCUT2D eigenvalue weighted by Crippen LogP contribution is -2.17. The summed E-state index contributed by atoms with van der Waals surface area (Å²) in [6.45, 7) is 0.282. The molecule has 143 valence electrons. The minimum Gasteiger partial charge on any atom is -0.494 e. The highest BCUT2D eigenvalue weighted by molar-refractivity contribution is 9.10. The minimum absolute atomic E-state index is 0.127. The summed E-state index contributed by atoms with van der Waals surface area (Å²) in [6, 6.07) is 7.60. The van der Waals surface area contributed by atoms with Crippen LogP contribution >= 0.6 is 15.9 Å². The summed E-state index contributed by atoms with van der Waals surface area (Å²) in [4.78, 5) is 27.3. The molecular formula is C18H15BrN5O4. The Morgan fingerprint density at radius 1 is 1.14 bits per heavy atom. The molecule has 3 aromatic rings. The van der Waals surface area contributed by atoms with E-state index in [0.717, 1.165) is 10.0 Å². The highest BCUT2D eigenvalue weighted by Gasteiger charge is 2.14. The molecule has 0 bridgehead atoms. The lowest BCUT2D eigenvalue weighted by molar-refractivity contribution is 0.0988. The Bertz CT molecular complexity index is 951. The maximum atomic E-state index is 11.4. The highest BCUT2D eigenvalue weighted by Crippen LogP contribution is 2.28. The number of nitrogens with two attached hydrogens (primary N) is 1. The molecule has 0 atom stereocenters. The SMILES string of the molecule is COc1cnc(OCCOc2nc(C(N)=O)n[c]c2-c2ccc(Br)cc2)nc1. The van der Waals surface area contributed by atoms with Crippen molar-refractivity contribution in [1.29, 1.82) is 0 Å². The molecule has 2 N–H and O–H groups in total. The number of hydrogen-bond donors (Lipinski definition) is 1. The number of carbonyl (C=O) groups is 1. The number of amides is 1. The maximum absolute atomic E-state index is 11.4. The molecule has 9 nitrogen and oxygen atoms in total.